The minimum Gasteiger partial charge on any atom is -0.383 e. The molecule has 0 aromatic carbocycles. The predicted octanol–water partition coefficient (Wildman–Crippen LogP) is -0.251. The van der Waals surface area contributed by atoms with Crippen molar-refractivity contribution in [2.24, 2.45) is 5.92 Å². The number of nitrogens with one attached hydrogen (secondary N) is 1. The SMILES string of the molecule is CNC(=O)C(O)C(C)C. The van der Waals surface area contributed by atoms with Crippen molar-refractivity contribution < 1.29 is 9.90 Å². The highest BCUT2D eigenvalue weighted by molar-refractivity contribution is 5.80. The molecule has 0 aromatic heterocycles. The van der Waals surface area contributed by atoms with E-state index in [0.717, 1.165) is 0 Å². The topological polar surface area (TPSA) is 49.3 Å². The highest BCUT2D eigenvalue weighted by Crippen LogP contribution is 1.99. The van der Waals surface area contributed by atoms with Crippen molar-refractivity contribution in [1.29, 1.82) is 0 Å². The van der Waals surface area contributed by atoms with Crippen LogP contribution in [0.25, 0.3) is 0 Å². The number of aliphatic hydroxyl groups is 1. The maximum Gasteiger partial charge on any atom is 0.248 e. The fourth-order valence-electron chi connectivity index (χ4n) is 0.451. The Morgan fingerprint density at radius 1 is 1.56 bits per heavy atom. The minimum atomic E-state index is -0.866. The summed E-state index contributed by atoms with van der Waals surface area (Å²) in [5.74, 6) is -0.324. The maximum absolute atomic E-state index is 10.6. The number of rotatable bonds is 2. The van der Waals surface area contributed by atoms with E-state index in [4.69, 9.17) is 5.11 Å². The van der Waals surface area contributed by atoms with Crippen LogP contribution in [0.2, 0.25) is 0 Å². The second-order valence-electron chi connectivity index (χ2n) is 2.30. The Morgan fingerprint density at radius 2 is 2.00 bits per heavy atom. The monoisotopic (exact) mass is 131 g/mol. The van der Waals surface area contributed by atoms with E-state index in [2.05, 4.69) is 5.32 Å². The minimum absolute atomic E-state index is 0.00931. The summed E-state index contributed by atoms with van der Waals surface area (Å²) in [6.07, 6.45) is -0.866. The molecule has 0 aliphatic rings. The van der Waals surface area contributed by atoms with Crippen LogP contribution in [0.15, 0.2) is 0 Å². The third-order valence-corrected chi connectivity index (χ3v) is 1.15. The van der Waals surface area contributed by atoms with Gasteiger partial charge in [-0.05, 0) is 5.92 Å². The van der Waals surface area contributed by atoms with Gasteiger partial charge >= 0.3 is 0 Å². The summed E-state index contributed by atoms with van der Waals surface area (Å²) in [7, 11) is 1.51. The molecule has 3 heteroatoms. The van der Waals surface area contributed by atoms with Gasteiger partial charge in [0.1, 0.15) is 6.10 Å². The average molecular weight is 131 g/mol. The molecule has 0 rings (SSSR count). The molecule has 0 heterocycles. The second-order valence-corrected chi connectivity index (χ2v) is 2.30. The van der Waals surface area contributed by atoms with Crippen molar-refractivity contribution in [3.05, 3.63) is 0 Å². The lowest BCUT2D eigenvalue weighted by atomic mass is 10.1. The van der Waals surface area contributed by atoms with Gasteiger partial charge in [0.25, 0.3) is 0 Å². The summed E-state index contributed by atoms with van der Waals surface area (Å²) < 4.78 is 0. The number of aliphatic hydroxyl groups excluding tert-OH is 1. The molecule has 1 atom stereocenters. The van der Waals surface area contributed by atoms with Gasteiger partial charge in [0.15, 0.2) is 0 Å². The lowest BCUT2D eigenvalue weighted by Crippen LogP contribution is -2.35. The molecule has 0 saturated carbocycles. The van der Waals surface area contributed by atoms with Crippen LogP contribution in [0.1, 0.15) is 13.8 Å². The summed E-state index contributed by atoms with van der Waals surface area (Å²) in [4.78, 5) is 10.6. The number of carbonyl (C=O) groups is 1. The first-order valence-corrected chi connectivity index (χ1v) is 2.99. The van der Waals surface area contributed by atoms with Gasteiger partial charge in [0.2, 0.25) is 5.91 Å². The van der Waals surface area contributed by atoms with Crippen molar-refractivity contribution >= 4 is 5.91 Å². The molecular formula is C6H13NO2. The molecule has 0 saturated heterocycles. The second kappa shape index (κ2) is 3.45. The van der Waals surface area contributed by atoms with E-state index in [1.54, 1.807) is 13.8 Å². The molecule has 0 fully saturated rings. The van der Waals surface area contributed by atoms with Crippen LogP contribution in [0.3, 0.4) is 0 Å². The van der Waals surface area contributed by atoms with Crippen LogP contribution in [-0.4, -0.2) is 24.2 Å². The summed E-state index contributed by atoms with van der Waals surface area (Å²) in [5, 5.41) is 11.3. The smallest absolute Gasteiger partial charge is 0.248 e. The van der Waals surface area contributed by atoms with Gasteiger partial charge < -0.3 is 10.4 Å². The zero-order valence-corrected chi connectivity index (χ0v) is 6.01. The van der Waals surface area contributed by atoms with Crippen LogP contribution in [0.5, 0.6) is 0 Å². The van der Waals surface area contributed by atoms with Gasteiger partial charge in [0, 0.05) is 7.05 Å². The lowest BCUT2D eigenvalue weighted by molar-refractivity contribution is -0.130. The molecular weight excluding hydrogens is 118 g/mol. The molecule has 1 unspecified atom stereocenters. The van der Waals surface area contributed by atoms with Crippen molar-refractivity contribution in [2.45, 2.75) is 20.0 Å². The predicted molar refractivity (Wildman–Crippen MR) is 34.9 cm³/mol. The maximum atomic E-state index is 10.6. The van der Waals surface area contributed by atoms with E-state index in [1.807, 2.05) is 0 Å². The summed E-state index contributed by atoms with van der Waals surface area (Å²) in [6.45, 7) is 3.58. The summed E-state index contributed by atoms with van der Waals surface area (Å²) in [6, 6.07) is 0. The van der Waals surface area contributed by atoms with Crippen molar-refractivity contribution in [3.63, 3.8) is 0 Å². The van der Waals surface area contributed by atoms with Crippen LogP contribution < -0.4 is 5.32 Å². The van der Waals surface area contributed by atoms with E-state index in [0.29, 0.717) is 0 Å². The van der Waals surface area contributed by atoms with Gasteiger partial charge in [-0.15, -0.1) is 0 Å². The highest BCUT2D eigenvalue weighted by atomic mass is 16.3. The van der Waals surface area contributed by atoms with Gasteiger partial charge in [0.05, 0.1) is 0 Å². The highest BCUT2D eigenvalue weighted by Gasteiger charge is 2.16. The molecule has 0 aliphatic carbocycles. The number of likely N-dealkylation sites (N-methyl/N-ethyl adjacent to an activating group) is 1. The Labute approximate surface area is 55.1 Å². The average Bonchev–Trinajstić information content (AvgIpc) is 1.84. The Balaban J connectivity index is 3.72. The summed E-state index contributed by atoms with van der Waals surface area (Å²) in [5.41, 5.74) is 0. The third kappa shape index (κ3) is 2.46. The first-order chi connectivity index (χ1) is 4.09. The summed E-state index contributed by atoms with van der Waals surface area (Å²) >= 11 is 0. The number of amides is 1. The molecule has 0 spiro atoms. The Kier molecular flexibility index (Phi) is 3.24. The molecule has 2 N–H and O–H groups in total. The van der Waals surface area contributed by atoms with Crippen molar-refractivity contribution in [3.8, 4) is 0 Å². The Bertz CT molecular complexity index is 101. The quantitative estimate of drug-likeness (QED) is 0.543. The number of carbonyl (C=O) groups excluding carboxylic acids is 1. The fraction of sp³-hybridized carbons (Fsp3) is 0.833. The zero-order chi connectivity index (χ0) is 7.44. The van der Waals surface area contributed by atoms with E-state index in [1.165, 1.54) is 7.05 Å². The van der Waals surface area contributed by atoms with Gasteiger partial charge in [-0.1, -0.05) is 13.8 Å². The van der Waals surface area contributed by atoms with Crippen molar-refractivity contribution in [2.75, 3.05) is 7.05 Å². The normalized spacial score (nSPS) is 13.4. The van der Waals surface area contributed by atoms with E-state index in [-0.39, 0.29) is 11.8 Å². The molecule has 0 aliphatic heterocycles. The first kappa shape index (κ1) is 8.43. The van der Waals surface area contributed by atoms with Gasteiger partial charge in [-0.3, -0.25) is 4.79 Å². The molecule has 0 aromatic rings. The standard InChI is InChI=1S/C6H13NO2/c1-4(2)5(8)6(9)7-3/h4-5,8H,1-3H3,(H,7,9). The van der Waals surface area contributed by atoms with Crippen LogP contribution >= 0.6 is 0 Å². The van der Waals surface area contributed by atoms with Crippen LogP contribution in [-0.2, 0) is 4.79 Å². The van der Waals surface area contributed by atoms with Crippen LogP contribution in [0, 0.1) is 5.92 Å². The van der Waals surface area contributed by atoms with Gasteiger partial charge in [-0.25, -0.2) is 0 Å². The fourth-order valence-corrected chi connectivity index (χ4v) is 0.451. The number of hydrogen-bond acceptors (Lipinski definition) is 2. The molecule has 54 valence electrons. The van der Waals surface area contributed by atoms with E-state index < -0.39 is 6.10 Å². The van der Waals surface area contributed by atoms with Crippen LogP contribution in [0.4, 0.5) is 0 Å². The Hall–Kier alpha value is -0.570. The van der Waals surface area contributed by atoms with Gasteiger partial charge in [-0.2, -0.15) is 0 Å². The van der Waals surface area contributed by atoms with Crippen molar-refractivity contribution in [1.82, 2.24) is 5.32 Å². The molecule has 0 radical (unpaired) electrons. The van der Waals surface area contributed by atoms with E-state index in [9.17, 15) is 4.79 Å². The Morgan fingerprint density at radius 3 is 2.11 bits per heavy atom. The largest absolute Gasteiger partial charge is 0.383 e. The molecule has 9 heavy (non-hydrogen) atoms. The zero-order valence-electron chi connectivity index (χ0n) is 6.01. The first-order valence-electron chi connectivity index (χ1n) is 2.99. The molecule has 3 nitrogen and oxygen atoms in total. The lowest BCUT2D eigenvalue weighted by Gasteiger charge is -2.11. The molecule has 0 bridgehead atoms. The molecule has 1 amide bonds. The number of hydrogen-bond donors (Lipinski definition) is 2. The van der Waals surface area contributed by atoms with E-state index >= 15 is 0 Å². The third-order valence-electron chi connectivity index (χ3n) is 1.15.